The molecule has 0 atom stereocenters. The topological polar surface area (TPSA) is 33.4 Å². The lowest BCUT2D eigenvalue weighted by atomic mass is 10.3. The summed E-state index contributed by atoms with van der Waals surface area (Å²) in [6.45, 7) is 4.83. The first kappa shape index (κ1) is 13.4. The van der Waals surface area contributed by atoms with E-state index >= 15 is 0 Å². The van der Waals surface area contributed by atoms with E-state index in [1.165, 1.54) is 4.88 Å². The van der Waals surface area contributed by atoms with Gasteiger partial charge >= 0.3 is 0 Å². The first-order chi connectivity index (χ1) is 9.54. The maximum atomic E-state index is 5.99. The van der Waals surface area contributed by atoms with Gasteiger partial charge in [-0.15, -0.1) is 11.3 Å². The Morgan fingerprint density at radius 3 is 2.85 bits per heavy atom. The van der Waals surface area contributed by atoms with Crippen LogP contribution in [0.4, 0.5) is 5.82 Å². The molecule has 0 fully saturated rings. The van der Waals surface area contributed by atoms with Crippen LogP contribution in [0.25, 0.3) is 5.65 Å². The quantitative estimate of drug-likeness (QED) is 0.740. The van der Waals surface area contributed by atoms with Gasteiger partial charge in [-0.25, -0.2) is 4.98 Å². The van der Waals surface area contributed by atoms with Gasteiger partial charge < -0.3 is 4.90 Å². The van der Waals surface area contributed by atoms with Crippen molar-refractivity contribution in [2.45, 2.75) is 20.4 Å². The molecule has 0 spiro atoms. The Kier molecular flexibility index (Phi) is 3.40. The highest BCUT2D eigenvalue weighted by Crippen LogP contribution is 2.25. The highest BCUT2D eigenvalue weighted by molar-refractivity contribution is 7.16. The van der Waals surface area contributed by atoms with Gasteiger partial charge in [-0.2, -0.15) is 9.61 Å². The molecule has 3 aromatic heterocycles. The molecule has 6 heteroatoms. The van der Waals surface area contributed by atoms with E-state index in [4.69, 9.17) is 11.6 Å². The van der Waals surface area contributed by atoms with Gasteiger partial charge in [-0.1, -0.05) is 11.6 Å². The fourth-order valence-electron chi connectivity index (χ4n) is 2.20. The summed E-state index contributed by atoms with van der Waals surface area (Å²) >= 11 is 7.59. The molecule has 3 aromatic rings. The van der Waals surface area contributed by atoms with E-state index in [0.717, 1.165) is 33.6 Å². The third-order valence-corrected chi connectivity index (χ3v) is 4.39. The molecule has 0 N–H and O–H groups in total. The molecule has 0 saturated heterocycles. The molecule has 0 bridgehead atoms. The van der Waals surface area contributed by atoms with Gasteiger partial charge in [0.15, 0.2) is 5.65 Å². The molecule has 104 valence electrons. The predicted molar refractivity (Wildman–Crippen MR) is 83.9 cm³/mol. The highest BCUT2D eigenvalue weighted by atomic mass is 35.5. The van der Waals surface area contributed by atoms with Crippen LogP contribution < -0.4 is 4.90 Å². The van der Waals surface area contributed by atoms with Crippen LogP contribution in [-0.2, 0) is 6.54 Å². The van der Waals surface area contributed by atoms with E-state index in [-0.39, 0.29) is 0 Å². The lowest BCUT2D eigenvalue weighted by Gasteiger charge is -2.19. The second-order valence-electron chi connectivity index (χ2n) is 4.88. The molecule has 0 radical (unpaired) electrons. The van der Waals surface area contributed by atoms with Crippen molar-refractivity contribution >= 4 is 34.4 Å². The number of aryl methyl sites for hydroxylation is 2. The number of aromatic nitrogens is 3. The average Bonchev–Trinajstić information content (AvgIpc) is 2.96. The summed E-state index contributed by atoms with van der Waals surface area (Å²) in [5, 5.41) is 4.42. The van der Waals surface area contributed by atoms with Crippen LogP contribution in [0.2, 0.25) is 4.34 Å². The Morgan fingerprint density at radius 2 is 2.15 bits per heavy atom. The van der Waals surface area contributed by atoms with Crippen molar-refractivity contribution in [3.63, 3.8) is 0 Å². The third kappa shape index (κ3) is 2.39. The van der Waals surface area contributed by atoms with Crippen LogP contribution in [-0.4, -0.2) is 21.6 Å². The van der Waals surface area contributed by atoms with Crippen LogP contribution in [0, 0.1) is 13.8 Å². The number of hydrogen-bond donors (Lipinski definition) is 0. The molecule has 0 aliphatic heterocycles. The largest absolute Gasteiger partial charge is 0.354 e. The molecule has 0 aromatic carbocycles. The Labute approximate surface area is 126 Å². The lowest BCUT2D eigenvalue weighted by Crippen LogP contribution is -2.19. The molecule has 4 nitrogen and oxygen atoms in total. The molecule has 0 aliphatic carbocycles. The molecule has 3 rings (SSSR count). The summed E-state index contributed by atoms with van der Waals surface area (Å²) in [5.41, 5.74) is 2.99. The highest BCUT2D eigenvalue weighted by Gasteiger charge is 2.12. The number of thiophene rings is 1. The molecular weight excluding hydrogens is 292 g/mol. The third-order valence-electron chi connectivity index (χ3n) is 3.17. The van der Waals surface area contributed by atoms with Gasteiger partial charge in [-0.05, 0) is 26.0 Å². The fourth-order valence-corrected chi connectivity index (χ4v) is 3.34. The number of hydrogen-bond acceptors (Lipinski definition) is 4. The zero-order chi connectivity index (χ0) is 14.3. The molecule has 3 heterocycles. The summed E-state index contributed by atoms with van der Waals surface area (Å²) in [6.07, 6.45) is 1.85. The van der Waals surface area contributed by atoms with Crippen molar-refractivity contribution < 1.29 is 0 Å². The van der Waals surface area contributed by atoms with Gasteiger partial charge in [0.05, 0.1) is 17.1 Å². The second-order valence-corrected chi connectivity index (χ2v) is 6.68. The smallest absolute Gasteiger partial charge is 0.160 e. The number of anilines is 1. The van der Waals surface area contributed by atoms with Crippen LogP contribution in [0.15, 0.2) is 24.4 Å². The van der Waals surface area contributed by atoms with Crippen molar-refractivity contribution in [1.82, 2.24) is 14.6 Å². The monoisotopic (exact) mass is 306 g/mol. The summed E-state index contributed by atoms with van der Waals surface area (Å²) in [7, 11) is 2.05. The van der Waals surface area contributed by atoms with Crippen LogP contribution in [0.3, 0.4) is 0 Å². The van der Waals surface area contributed by atoms with Gasteiger partial charge in [-0.3, -0.25) is 0 Å². The van der Waals surface area contributed by atoms with Gasteiger partial charge in [0.1, 0.15) is 5.82 Å². The average molecular weight is 307 g/mol. The summed E-state index contributed by atoms with van der Waals surface area (Å²) < 4.78 is 2.71. The minimum absolute atomic E-state index is 0.800. The Bertz CT molecular complexity index is 762. The SMILES string of the molecule is Cc1cc(N(C)Cc2ccc(Cl)s2)n2ncc(C)c2n1. The van der Waals surface area contributed by atoms with E-state index in [1.54, 1.807) is 11.3 Å². The Balaban J connectivity index is 2.00. The van der Waals surface area contributed by atoms with Crippen molar-refractivity contribution in [2.75, 3.05) is 11.9 Å². The van der Waals surface area contributed by atoms with E-state index in [9.17, 15) is 0 Å². The predicted octanol–water partition coefficient (Wildman–Crippen LogP) is 3.70. The van der Waals surface area contributed by atoms with E-state index in [1.807, 2.05) is 30.6 Å². The van der Waals surface area contributed by atoms with Crippen LogP contribution in [0.5, 0.6) is 0 Å². The summed E-state index contributed by atoms with van der Waals surface area (Å²) in [4.78, 5) is 7.93. The number of rotatable bonds is 3. The number of fused-ring (bicyclic) bond motifs is 1. The van der Waals surface area contributed by atoms with Gasteiger partial charge in [0.2, 0.25) is 0 Å². The zero-order valence-electron chi connectivity index (χ0n) is 11.6. The van der Waals surface area contributed by atoms with Crippen LogP contribution in [0.1, 0.15) is 16.1 Å². The molecule has 20 heavy (non-hydrogen) atoms. The Morgan fingerprint density at radius 1 is 1.35 bits per heavy atom. The minimum atomic E-state index is 0.800. The summed E-state index contributed by atoms with van der Waals surface area (Å²) in [6, 6.07) is 6.04. The van der Waals surface area contributed by atoms with Crippen LogP contribution >= 0.6 is 22.9 Å². The minimum Gasteiger partial charge on any atom is -0.354 e. The number of halogens is 1. The molecule has 0 amide bonds. The van der Waals surface area contributed by atoms with Gasteiger partial charge in [0, 0.05) is 29.2 Å². The van der Waals surface area contributed by atoms with E-state index < -0.39 is 0 Å². The first-order valence-electron chi connectivity index (χ1n) is 6.32. The first-order valence-corrected chi connectivity index (χ1v) is 7.51. The van der Waals surface area contributed by atoms with Gasteiger partial charge in [0.25, 0.3) is 0 Å². The van der Waals surface area contributed by atoms with E-state index in [0.29, 0.717) is 0 Å². The standard InChI is InChI=1S/C14H15ClN4S/c1-9-7-16-19-13(6-10(2)17-14(9)19)18(3)8-11-4-5-12(15)20-11/h4-7H,8H2,1-3H3. The van der Waals surface area contributed by atoms with E-state index in [2.05, 4.69) is 34.2 Å². The van der Waals surface area contributed by atoms with Crippen molar-refractivity contribution in [2.24, 2.45) is 0 Å². The number of nitrogens with zero attached hydrogens (tertiary/aromatic N) is 4. The zero-order valence-corrected chi connectivity index (χ0v) is 13.2. The molecule has 0 aliphatic rings. The molecule has 0 unspecified atom stereocenters. The van der Waals surface area contributed by atoms with Crippen molar-refractivity contribution in [3.8, 4) is 0 Å². The second kappa shape index (κ2) is 5.07. The normalized spacial score (nSPS) is 11.2. The maximum absolute atomic E-state index is 5.99. The Hall–Kier alpha value is -1.59. The fraction of sp³-hybridized carbons (Fsp3) is 0.286. The maximum Gasteiger partial charge on any atom is 0.160 e. The summed E-state index contributed by atoms with van der Waals surface area (Å²) in [5.74, 6) is 1.03. The lowest BCUT2D eigenvalue weighted by molar-refractivity contribution is 0.834. The molecule has 0 saturated carbocycles. The van der Waals surface area contributed by atoms with Crippen molar-refractivity contribution in [1.29, 1.82) is 0 Å². The molecular formula is C14H15ClN4S. The van der Waals surface area contributed by atoms with Crippen molar-refractivity contribution in [3.05, 3.63) is 44.9 Å².